The van der Waals surface area contributed by atoms with E-state index in [1.165, 1.54) is 25.7 Å². The summed E-state index contributed by atoms with van der Waals surface area (Å²) in [5.41, 5.74) is 0. The maximum atomic E-state index is 9.03. The molecule has 1 rings (SSSR count). The van der Waals surface area contributed by atoms with Crippen LogP contribution in [0.2, 0.25) is 0 Å². The molecule has 0 aromatic heterocycles. The van der Waals surface area contributed by atoms with E-state index in [-0.39, 0.29) is 6.61 Å². The number of hydrogen-bond donors (Lipinski definition) is 1. The number of ether oxygens (including phenoxy) is 1. The fourth-order valence-electron chi connectivity index (χ4n) is 2.39. The SMILES string of the molecule is CCOCCCN(CCO)C1CCCC1. The molecule has 1 aliphatic carbocycles. The van der Waals surface area contributed by atoms with Gasteiger partial charge in [-0.05, 0) is 26.2 Å². The summed E-state index contributed by atoms with van der Waals surface area (Å²) in [4.78, 5) is 2.44. The highest BCUT2D eigenvalue weighted by Crippen LogP contribution is 2.23. The second-order valence-electron chi connectivity index (χ2n) is 4.25. The molecule has 0 spiro atoms. The number of nitrogens with zero attached hydrogens (tertiary/aromatic N) is 1. The minimum Gasteiger partial charge on any atom is -0.395 e. The van der Waals surface area contributed by atoms with Gasteiger partial charge < -0.3 is 9.84 Å². The third-order valence-corrected chi connectivity index (χ3v) is 3.17. The molecular weight excluding hydrogens is 190 g/mol. The second-order valence-corrected chi connectivity index (χ2v) is 4.25. The number of aliphatic hydroxyl groups is 1. The average Bonchev–Trinajstić information content (AvgIpc) is 2.76. The quantitative estimate of drug-likeness (QED) is 0.625. The van der Waals surface area contributed by atoms with E-state index in [0.29, 0.717) is 0 Å². The van der Waals surface area contributed by atoms with E-state index in [4.69, 9.17) is 9.84 Å². The second kappa shape index (κ2) is 8.08. The molecule has 1 saturated carbocycles. The molecule has 0 aromatic rings. The summed E-state index contributed by atoms with van der Waals surface area (Å²) in [5.74, 6) is 0. The molecule has 0 unspecified atom stereocenters. The Morgan fingerprint density at radius 2 is 2.00 bits per heavy atom. The first-order valence-electron chi connectivity index (χ1n) is 6.31. The van der Waals surface area contributed by atoms with Gasteiger partial charge in [0.1, 0.15) is 0 Å². The first-order valence-corrected chi connectivity index (χ1v) is 6.31. The lowest BCUT2D eigenvalue weighted by Crippen LogP contribution is -2.36. The van der Waals surface area contributed by atoms with Gasteiger partial charge in [0.15, 0.2) is 0 Å². The van der Waals surface area contributed by atoms with Gasteiger partial charge in [-0.15, -0.1) is 0 Å². The molecule has 90 valence electrons. The van der Waals surface area contributed by atoms with Crippen LogP contribution in [0.5, 0.6) is 0 Å². The Hall–Kier alpha value is -0.120. The van der Waals surface area contributed by atoms with Crippen LogP contribution in [0.3, 0.4) is 0 Å². The van der Waals surface area contributed by atoms with Crippen molar-refractivity contribution in [1.82, 2.24) is 4.90 Å². The first kappa shape index (κ1) is 12.9. The minimum absolute atomic E-state index is 0.283. The zero-order valence-electron chi connectivity index (χ0n) is 9.95. The van der Waals surface area contributed by atoms with Crippen LogP contribution in [-0.4, -0.2) is 49.0 Å². The van der Waals surface area contributed by atoms with Crippen molar-refractivity contribution in [1.29, 1.82) is 0 Å². The lowest BCUT2D eigenvalue weighted by Gasteiger charge is -2.27. The highest BCUT2D eigenvalue weighted by atomic mass is 16.5. The summed E-state index contributed by atoms with van der Waals surface area (Å²) in [6, 6.07) is 0.721. The number of aliphatic hydroxyl groups excluding tert-OH is 1. The zero-order valence-corrected chi connectivity index (χ0v) is 9.95. The topological polar surface area (TPSA) is 32.7 Å². The van der Waals surface area contributed by atoms with E-state index in [1.807, 2.05) is 6.92 Å². The van der Waals surface area contributed by atoms with Crippen molar-refractivity contribution in [2.45, 2.75) is 45.1 Å². The van der Waals surface area contributed by atoms with Crippen LogP contribution < -0.4 is 0 Å². The Labute approximate surface area is 93.4 Å². The average molecular weight is 215 g/mol. The molecule has 0 amide bonds. The number of hydrogen-bond acceptors (Lipinski definition) is 3. The Kier molecular flexibility index (Phi) is 6.98. The number of rotatable bonds is 8. The molecule has 0 atom stereocenters. The van der Waals surface area contributed by atoms with Gasteiger partial charge >= 0.3 is 0 Å². The van der Waals surface area contributed by atoms with E-state index in [2.05, 4.69) is 4.90 Å². The van der Waals surface area contributed by atoms with E-state index < -0.39 is 0 Å². The molecular formula is C12H25NO2. The zero-order chi connectivity index (χ0) is 10.9. The van der Waals surface area contributed by atoms with Gasteiger partial charge in [0, 0.05) is 32.3 Å². The van der Waals surface area contributed by atoms with E-state index >= 15 is 0 Å². The summed E-state index contributed by atoms with van der Waals surface area (Å²) < 4.78 is 5.34. The van der Waals surface area contributed by atoms with Gasteiger partial charge in [0.2, 0.25) is 0 Å². The van der Waals surface area contributed by atoms with E-state index in [9.17, 15) is 0 Å². The van der Waals surface area contributed by atoms with Gasteiger partial charge in [-0.3, -0.25) is 4.90 Å². The molecule has 3 heteroatoms. The van der Waals surface area contributed by atoms with Gasteiger partial charge in [-0.25, -0.2) is 0 Å². The molecule has 0 aliphatic heterocycles. The lowest BCUT2D eigenvalue weighted by atomic mass is 10.2. The molecule has 15 heavy (non-hydrogen) atoms. The Morgan fingerprint density at radius 3 is 2.60 bits per heavy atom. The predicted molar refractivity (Wildman–Crippen MR) is 62.0 cm³/mol. The van der Waals surface area contributed by atoms with Crippen molar-refractivity contribution in [3.05, 3.63) is 0 Å². The van der Waals surface area contributed by atoms with Crippen LogP contribution in [0.25, 0.3) is 0 Å². The lowest BCUT2D eigenvalue weighted by molar-refractivity contribution is 0.109. The van der Waals surface area contributed by atoms with Crippen molar-refractivity contribution in [2.75, 3.05) is 32.9 Å². The van der Waals surface area contributed by atoms with E-state index in [0.717, 1.165) is 38.8 Å². The van der Waals surface area contributed by atoms with Crippen molar-refractivity contribution in [3.8, 4) is 0 Å². The van der Waals surface area contributed by atoms with Crippen LogP contribution in [0, 0.1) is 0 Å². The Balaban J connectivity index is 2.17. The highest BCUT2D eigenvalue weighted by Gasteiger charge is 2.21. The third kappa shape index (κ3) is 4.96. The van der Waals surface area contributed by atoms with Crippen LogP contribution in [0.1, 0.15) is 39.0 Å². The Morgan fingerprint density at radius 1 is 1.27 bits per heavy atom. The van der Waals surface area contributed by atoms with Gasteiger partial charge in [0.25, 0.3) is 0 Å². The van der Waals surface area contributed by atoms with Crippen LogP contribution >= 0.6 is 0 Å². The molecule has 0 saturated heterocycles. The summed E-state index contributed by atoms with van der Waals surface area (Å²) in [7, 11) is 0. The normalized spacial score (nSPS) is 17.8. The molecule has 3 nitrogen and oxygen atoms in total. The fourth-order valence-corrected chi connectivity index (χ4v) is 2.39. The largest absolute Gasteiger partial charge is 0.395 e. The van der Waals surface area contributed by atoms with Crippen LogP contribution in [0.15, 0.2) is 0 Å². The first-order chi connectivity index (χ1) is 7.38. The standard InChI is InChI=1S/C12H25NO2/c1-2-15-11-5-8-13(9-10-14)12-6-3-4-7-12/h12,14H,2-11H2,1H3. The maximum Gasteiger partial charge on any atom is 0.0558 e. The third-order valence-electron chi connectivity index (χ3n) is 3.17. The van der Waals surface area contributed by atoms with Crippen LogP contribution in [0.4, 0.5) is 0 Å². The monoisotopic (exact) mass is 215 g/mol. The van der Waals surface area contributed by atoms with Crippen LogP contribution in [-0.2, 0) is 4.74 Å². The van der Waals surface area contributed by atoms with Gasteiger partial charge in [-0.1, -0.05) is 12.8 Å². The highest BCUT2D eigenvalue weighted by molar-refractivity contribution is 4.77. The molecule has 1 fully saturated rings. The fraction of sp³-hybridized carbons (Fsp3) is 1.00. The molecule has 0 bridgehead atoms. The van der Waals surface area contributed by atoms with E-state index in [1.54, 1.807) is 0 Å². The van der Waals surface area contributed by atoms with Gasteiger partial charge in [0.05, 0.1) is 6.61 Å². The minimum atomic E-state index is 0.283. The molecule has 1 N–H and O–H groups in total. The predicted octanol–water partition coefficient (Wildman–Crippen LogP) is 1.65. The van der Waals surface area contributed by atoms with Crippen molar-refractivity contribution < 1.29 is 9.84 Å². The summed E-state index contributed by atoms with van der Waals surface area (Å²) in [5, 5.41) is 9.03. The summed E-state index contributed by atoms with van der Waals surface area (Å²) >= 11 is 0. The van der Waals surface area contributed by atoms with Crippen molar-refractivity contribution in [3.63, 3.8) is 0 Å². The molecule has 0 radical (unpaired) electrons. The maximum absolute atomic E-state index is 9.03. The van der Waals surface area contributed by atoms with Crippen molar-refractivity contribution >= 4 is 0 Å². The molecule has 0 aromatic carbocycles. The smallest absolute Gasteiger partial charge is 0.0558 e. The summed E-state index contributed by atoms with van der Waals surface area (Å²) in [6.45, 7) is 5.88. The summed E-state index contributed by atoms with van der Waals surface area (Å²) in [6.07, 6.45) is 6.43. The Bertz CT molecular complexity index is 147. The van der Waals surface area contributed by atoms with Gasteiger partial charge in [-0.2, -0.15) is 0 Å². The molecule has 0 heterocycles. The molecule has 1 aliphatic rings. The van der Waals surface area contributed by atoms with Crippen molar-refractivity contribution in [2.24, 2.45) is 0 Å².